The number of amides is 4. The van der Waals surface area contributed by atoms with Crippen LogP contribution in [0.1, 0.15) is 68.6 Å². The number of hydrogen-bond acceptors (Lipinski definition) is 10. The molecule has 2 saturated heterocycles. The molecule has 5 heterocycles. The maximum Gasteiger partial charge on any atom is 0.407 e. The molecule has 4 N–H and O–H groups in total. The Morgan fingerprint density at radius 3 is 2.00 bits per heavy atom. The number of H-pyrrole nitrogens is 2. The van der Waals surface area contributed by atoms with E-state index in [0.717, 1.165) is 68.7 Å². The van der Waals surface area contributed by atoms with E-state index in [1.54, 1.807) is 11.1 Å². The average molecular weight is 837 g/mol. The van der Waals surface area contributed by atoms with Crippen molar-refractivity contribution >= 4 is 34.8 Å². The zero-order valence-electron chi connectivity index (χ0n) is 34.9. The third-order valence-electron chi connectivity index (χ3n) is 11.5. The fourth-order valence-corrected chi connectivity index (χ4v) is 8.27. The minimum atomic E-state index is -1.11. The zero-order chi connectivity index (χ0) is 43.5. The Morgan fingerprint density at radius 2 is 1.34 bits per heavy atom. The Labute approximate surface area is 358 Å². The van der Waals surface area contributed by atoms with E-state index in [1.165, 1.54) is 32.8 Å². The van der Waals surface area contributed by atoms with Crippen molar-refractivity contribution in [2.24, 2.45) is 5.92 Å². The van der Waals surface area contributed by atoms with Gasteiger partial charge in [-0.1, -0.05) is 74.5 Å². The number of nitrogens with one attached hydrogen (secondary N) is 4. The van der Waals surface area contributed by atoms with Crippen molar-refractivity contribution in [3.05, 3.63) is 121 Å². The predicted octanol–water partition coefficient (Wildman–Crippen LogP) is 7.05. The van der Waals surface area contributed by atoms with Gasteiger partial charge < -0.3 is 39.9 Å². The van der Waals surface area contributed by atoms with Crippen LogP contribution in [-0.2, 0) is 19.1 Å². The molecule has 62 heavy (non-hydrogen) atoms. The van der Waals surface area contributed by atoms with E-state index >= 15 is 0 Å². The highest BCUT2D eigenvalue weighted by molar-refractivity contribution is 5.91. The molecule has 0 radical (unpaired) electrons. The summed E-state index contributed by atoms with van der Waals surface area (Å²) in [7, 11) is 2.52. The van der Waals surface area contributed by atoms with Crippen LogP contribution in [0, 0.1) is 5.92 Å². The zero-order valence-corrected chi connectivity index (χ0v) is 34.9. The Kier molecular flexibility index (Phi) is 11.8. The number of carbonyl (C=O) groups is 4. The lowest BCUT2D eigenvalue weighted by atomic mass is 9.98. The quantitative estimate of drug-likeness (QED) is 0.0981. The van der Waals surface area contributed by atoms with Gasteiger partial charge in [0.25, 0.3) is 5.91 Å². The first-order valence-corrected chi connectivity index (χ1v) is 20.5. The van der Waals surface area contributed by atoms with E-state index in [-0.39, 0.29) is 29.5 Å². The van der Waals surface area contributed by atoms with Crippen molar-refractivity contribution in [3.8, 4) is 33.6 Å². The number of methoxy groups -OCH3 is 2. The number of rotatable bonds is 11. The molecule has 3 aromatic heterocycles. The number of ether oxygens (including phenoxy) is 2. The van der Waals surface area contributed by atoms with Gasteiger partial charge in [-0.05, 0) is 64.8 Å². The van der Waals surface area contributed by atoms with Crippen molar-refractivity contribution in [1.82, 2.24) is 50.3 Å². The number of carbonyl (C=O) groups excluding carboxylic acids is 4. The van der Waals surface area contributed by atoms with Crippen molar-refractivity contribution in [3.63, 3.8) is 0 Å². The SMILES string of the molecule is C=C1CC(c2ncc(-c3ccc(-c4ccc5cc(-c6cnc(C7CCCN7C(=O)C(NC(=O)OC)C(C)C)[nH]6)ccc5c4)cc3)[nH]2)N(C(=O)C(NC(=O)OC)c2cnccn2)C1. The Morgan fingerprint density at radius 1 is 0.726 bits per heavy atom. The summed E-state index contributed by atoms with van der Waals surface area (Å²) in [6.45, 7) is 8.83. The van der Waals surface area contributed by atoms with Gasteiger partial charge in [0, 0.05) is 31.0 Å². The second-order valence-electron chi connectivity index (χ2n) is 15.9. The number of hydrogen-bond donors (Lipinski definition) is 4. The van der Waals surface area contributed by atoms with E-state index in [1.807, 2.05) is 37.1 Å². The van der Waals surface area contributed by atoms with Gasteiger partial charge >= 0.3 is 12.2 Å². The Balaban J connectivity index is 0.952. The van der Waals surface area contributed by atoms with Crippen molar-refractivity contribution < 1.29 is 28.7 Å². The van der Waals surface area contributed by atoms with Crippen LogP contribution in [0.15, 0.2) is 104 Å². The lowest BCUT2D eigenvalue weighted by Gasteiger charge is -2.30. The third-order valence-corrected chi connectivity index (χ3v) is 11.5. The van der Waals surface area contributed by atoms with Crippen LogP contribution in [0.4, 0.5) is 9.59 Å². The molecular weight excluding hydrogens is 789 g/mol. The average Bonchev–Trinajstić information content (AvgIpc) is 4.14. The van der Waals surface area contributed by atoms with Gasteiger partial charge in [-0.15, -0.1) is 0 Å². The largest absolute Gasteiger partial charge is 0.453 e. The summed E-state index contributed by atoms with van der Waals surface area (Å²) in [6.07, 6.45) is 8.69. The molecule has 0 spiro atoms. The fraction of sp³-hybridized carbons (Fsp3) is 0.304. The first-order valence-electron chi connectivity index (χ1n) is 20.5. The highest BCUT2D eigenvalue weighted by Crippen LogP contribution is 2.37. The normalized spacial score (nSPS) is 17.3. The van der Waals surface area contributed by atoms with Gasteiger partial charge in [0.05, 0.1) is 62.0 Å². The lowest BCUT2D eigenvalue weighted by Crippen LogP contribution is -2.51. The molecule has 6 aromatic rings. The number of nitrogens with zero attached hydrogens (tertiary/aromatic N) is 6. The van der Waals surface area contributed by atoms with Crippen LogP contribution >= 0.6 is 0 Å². The summed E-state index contributed by atoms with van der Waals surface area (Å²) in [5.74, 6) is 0.686. The predicted molar refractivity (Wildman–Crippen MR) is 231 cm³/mol. The second-order valence-corrected chi connectivity index (χ2v) is 15.9. The van der Waals surface area contributed by atoms with E-state index in [4.69, 9.17) is 14.5 Å². The summed E-state index contributed by atoms with van der Waals surface area (Å²) in [5.41, 5.74) is 6.82. The van der Waals surface area contributed by atoms with Crippen molar-refractivity contribution in [2.75, 3.05) is 27.3 Å². The highest BCUT2D eigenvalue weighted by atomic mass is 16.5. The number of aromatic amines is 2. The molecule has 2 fully saturated rings. The molecule has 0 bridgehead atoms. The number of fused-ring (bicyclic) bond motifs is 1. The van der Waals surface area contributed by atoms with Crippen LogP contribution in [0.2, 0.25) is 0 Å². The molecule has 16 nitrogen and oxygen atoms in total. The number of likely N-dealkylation sites (tertiary alicyclic amines) is 2. The van der Waals surface area contributed by atoms with Crippen molar-refractivity contribution in [1.29, 1.82) is 0 Å². The van der Waals surface area contributed by atoms with Crippen molar-refractivity contribution in [2.45, 2.75) is 57.3 Å². The number of imidazole rings is 2. The smallest absolute Gasteiger partial charge is 0.407 e. The van der Waals surface area contributed by atoms with Gasteiger partial charge in [0.15, 0.2) is 6.04 Å². The van der Waals surface area contributed by atoms with Gasteiger partial charge in [-0.3, -0.25) is 19.6 Å². The molecular formula is C46H48N10O6. The number of aromatic nitrogens is 6. The van der Waals surface area contributed by atoms with Gasteiger partial charge in [-0.25, -0.2) is 19.6 Å². The van der Waals surface area contributed by atoms with Crippen LogP contribution in [0.5, 0.6) is 0 Å². The first kappa shape index (κ1) is 41.4. The summed E-state index contributed by atoms with van der Waals surface area (Å²) >= 11 is 0. The molecule has 16 heteroatoms. The molecule has 318 valence electrons. The van der Waals surface area contributed by atoms with Gasteiger partial charge in [0.2, 0.25) is 5.91 Å². The molecule has 0 saturated carbocycles. The van der Waals surface area contributed by atoms with Crippen LogP contribution in [-0.4, -0.2) is 97.1 Å². The van der Waals surface area contributed by atoms with E-state index in [2.05, 4.69) is 90.7 Å². The molecule has 0 aliphatic carbocycles. The molecule has 4 atom stereocenters. The fourth-order valence-electron chi connectivity index (χ4n) is 8.27. The third kappa shape index (κ3) is 8.48. The standard InChI is InChI=1S/C46H48N10O6/c1-26(2)39(53-45(59)61-4)43(57)55-18-6-7-37(55)41-49-24-35(52-41)33-15-14-31-20-30(12-13-32(31)21-33)28-8-10-29(11-9-28)34-23-50-42(51-34)38-19-27(3)25-56(38)44(58)40(54-46(60)62-5)36-22-47-16-17-48-36/h8-17,20-24,26,37-40H,3,6-7,18-19,25H2,1-2,4-5H3,(H,49,52)(H,50,51)(H,53,59)(H,54,60). The van der Waals surface area contributed by atoms with E-state index in [9.17, 15) is 19.2 Å². The monoisotopic (exact) mass is 836 g/mol. The number of benzene rings is 3. The van der Waals surface area contributed by atoms with E-state index in [0.29, 0.717) is 25.3 Å². The summed E-state index contributed by atoms with van der Waals surface area (Å²) < 4.78 is 9.56. The maximum absolute atomic E-state index is 14.0. The van der Waals surface area contributed by atoms with Gasteiger partial charge in [0.1, 0.15) is 17.7 Å². The van der Waals surface area contributed by atoms with Crippen LogP contribution < -0.4 is 10.6 Å². The van der Waals surface area contributed by atoms with Crippen LogP contribution in [0.3, 0.4) is 0 Å². The summed E-state index contributed by atoms with van der Waals surface area (Å²) in [5, 5.41) is 7.45. The topological polar surface area (TPSA) is 200 Å². The molecule has 4 amide bonds. The minimum Gasteiger partial charge on any atom is -0.453 e. The number of alkyl carbamates (subject to hydrolysis) is 2. The molecule has 3 aromatic carbocycles. The summed E-state index contributed by atoms with van der Waals surface area (Å²) in [6, 6.07) is 18.4. The second kappa shape index (κ2) is 17.7. The molecule has 2 aliphatic rings. The van der Waals surface area contributed by atoms with Crippen LogP contribution in [0.25, 0.3) is 44.4 Å². The minimum absolute atomic E-state index is 0.114. The first-order chi connectivity index (χ1) is 30.0. The Hall–Kier alpha value is -7.36. The lowest BCUT2D eigenvalue weighted by molar-refractivity contribution is -0.135. The molecule has 8 rings (SSSR count). The molecule has 4 unspecified atom stereocenters. The molecule has 2 aliphatic heterocycles. The van der Waals surface area contributed by atoms with E-state index < -0.39 is 30.3 Å². The highest BCUT2D eigenvalue weighted by Gasteiger charge is 2.40. The van der Waals surface area contributed by atoms with Gasteiger partial charge in [-0.2, -0.15) is 0 Å². The Bertz CT molecular complexity index is 2620. The summed E-state index contributed by atoms with van der Waals surface area (Å²) in [4.78, 5) is 79.8. The maximum atomic E-state index is 14.0.